The molecule has 0 radical (unpaired) electrons. The van der Waals surface area contributed by atoms with Gasteiger partial charge in [-0.05, 0) is 57.9 Å². The van der Waals surface area contributed by atoms with Crippen molar-refractivity contribution in [2.45, 2.75) is 75.0 Å². The SMILES string of the molecule is CO[C@@H]1CC12CCCN2C(=O)C1=NN(C(C)(C)C)C2N=C(NC(=O)c3ccc(OC(F)(F)F)cc3)SC12. The Hall–Kier alpha value is -2.80. The van der Waals surface area contributed by atoms with Crippen LogP contribution in [-0.4, -0.2) is 81.2 Å². The number of alkyl halides is 3. The number of carbonyl (C=O) groups excluding carboxylic acids is 2. The third-order valence-electron chi connectivity index (χ3n) is 7.01. The number of carbonyl (C=O) groups is 2. The number of halogens is 3. The first-order valence-electron chi connectivity index (χ1n) is 12.0. The van der Waals surface area contributed by atoms with E-state index in [0.29, 0.717) is 17.4 Å². The van der Waals surface area contributed by atoms with Crippen molar-refractivity contribution in [1.82, 2.24) is 15.2 Å². The van der Waals surface area contributed by atoms with Gasteiger partial charge in [0.05, 0.1) is 17.2 Å². The number of amidine groups is 1. The first-order valence-corrected chi connectivity index (χ1v) is 12.8. The highest BCUT2D eigenvalue weighted by Gasteiger charge is 2.64. The van der Waals surface area contributed by atoms with E-state index in [-0.39, 0.29) is 23.1 Å². The molecule has 3 heterocycles. The number of hydrogen-bond acceptors (Lipinski definition) is 8. The predicted octanol–water partition coefficient (Wildman–Crippen LogP) is 3.36. The fourth-order valence-electron chi connectivity index (χ4n) is 5.22. The van der Waals surface area contributed by atoms with Crippen LogP contribution < -0.4 is 10.1 Å². The number of nitrogens with one attached hydrogen (secondary N) is 1. The molecule has 1 spiro atoms. The van der Waals surface area contributed by atoms with Gasteiger partial charge >= 0.3 is 6.36 Å². The van der Waals surface area contributed by atoms with Gasteiger partial charge in [-0.1, -0.05) is 11.8 Å². The van der Waals surface area contributed by atoms with Crippen LogP contribution in [0.25, 0.3) is 0 Å². The molecule has 0 bridgehead atoms. The number of ether oxygens (including phenoxy) is 2. The van der Waals surface area contributed by atoms with Crippen molar-refractivity contribution >= 4 is 34.5 Å². The van der Waals surface area contributed by atoms with Crippen LogP contribution in [0.5, 0.6) is 5.75 Å². The van der Waals surface area contributed by atoms with Gasteiger partial charge in [0.25, 0.3) is 11.8 Å². The fourth-order valence-corrected chi connectivity index (χ4v) is 6.34. The molecule has 1 saturated carbocycles. The smallest absolute Gasteiger partial charge is 0.406 e. The monoisotopic (exact) mass is 539 g/mol. The van der Waals surface area contributed by atoms with Crippen molar-refractivity contribution in [3.8, 4) is 5.75 Å². The third-order valence-corrected chi connectivity index (χ3v) is 8.16. The Morgan fingerprint density at radius 3 is 2.49 bits per heavy atom. The Labute approximate surface area is 216 Å². The third kappa shape index (κ3) is 4.78. The summed E-state index contributed by atoms with van der Waals surface area (Å²) in [5.41, 5.74) is -0.150. The van der Waals surface area contributed by atoms with Gasteiger partial charge in [0.1, 0.15) is 16.7 Å². The first kappa shape index (κ1) is 25.8. The summed E-state index contributed by atoms with van der Waals surface area (Å²) in [5, 5.41) is 9.15. The van der Waals surface area contributed by atoms with Crippen molar-refractivity contribution in [3.63, 3.8) is 0 Å². The summed E-state index contributed by atoms with van der Waals surface area (Å²) in [5.74, 6) is -1.08. The molecule has 200 valence electrons. The second-order valence-corrected chi connectivity index (χ2v) is 11.6. The molecule has 1 aromatic rings. The van der Waals surface area contributed by atoms with Gasteiger partial charge in [-0.2, -0.15) is 5.10 Å². The summed E-state index contributed by atoms with van der Waals surface area (Å²) < 4.78 is 46.6. The van der Waals surface area contributed by atoms with Crippen LogP contribution in [0.1, 0.15) is 50.4 Å². The molecule has 1 N–H and O–H groups in total. The molecule has 5 rings (SSSR count). The number of likely N-dealkylation sites (tertiary alicyclic amines) is 1. The van der Waals surface area contributed by atoms with Crippen LogP contribution >= 0.6 is 11.8 Å². The van der Waals surface area contributed by atoms with Crippen molar-refractivity contribution in [2.24, 2.45) is 10.1 Å². The molecule has 1 aromatic carbocycles. The number of fused-ring (bicyclic) bond motifs is 1. The Balaban J connectivity index is 1.31. The number of thioether (sulfide) groups is 1. The number of nitrogens with zero attached hydrogens (tertiary/aromatic N) is 4. The summed E-state index contributed by atoms with van der Waals surface area (Å²) in [6.07, 6.45) is -2.63. The van der Waals surface area contributed by atoms with Crippen molar-refractivity contribution in [3.05, 3.63) is 29.8 Å². The molecular weight excluding hydrogens is 511 g/mol. The van der Waals surface area contributed by atoms with Gasteiger partial charge in [-0.25, -0.2) is 4.99 Å². The van der Waals surface area contributed by atoms with Gasteiger partial charge < -0.3 is 19.7 Å². The topological polar surface area (TPSA) is 95.8 Å². The van der Waals surface area contributed by atoms with Crippen LogP contribution in [0.15, 0.2) is 34.4 Å². The molecule has 37 heavy (non-hydrogen) atoms. The standard InChI is InChI=1S/C24H28F3N5O4S/c1-22(2,3)32-18-17(16(30-32)20(34)31-11-5-10-23(31)12-15(23)35-4)37-21(28-18)29-19(33)13-6-8-14(9-7-13)36-24(25,26)27/h6-9,15,17-18H,5,10-12H2,1-4H3,(H,28,29,33)/t15-,17?,18?,23?/m1/s1. The van der Waals surface area contributed by atoms with Gasteiger partial charge in [0.15, 0.2) is 11.3 Å². The number of rotatable bonds is 4. The number of amides is 2. The zero-order valence-electron chi connectivity index (χ0n) is 20.8. The largest absolute Gasteiger partial charge is 0.573 e. The normalized spacial score (nSPS) is 28.8. The number of hydrazone groups is 1. The minimum Gasteiger partial charge on any atom is -0.406 e. The van der Waals surface area contributed by atoms with E-state index in [4.69, 9.17) is 9.84 Å². The summed E-state index contributed by atoms with van der Waals surface area (Å²) in [7, 11) is 1.66. The molecule has 1 aliphatic carbocycles. The van der Waals surface area contributed by atoms with E-state index in [1.165, 1.54) is 23.9 Å². The van der Waals surface area contributed by atoms with Crippen LogP contribution in [0.2, 0.25) is 0 Å². The molecule has 4 atom stereocenters. The Morgan fingerprint density at radius 2 is 1.89 bits per heavy atom. The van der Waals surface area contributed by atoms with E-state index in [0.717, 1.165) is 31.4 Å². The molecule has 13 heteroatoms. The Bertz CT molecular complexity index is 1170. The first-order chi connectivity index (χ1) is 17.3. The minimum absolute atomic E-state index is 0.0331. The number of aliphatic imine (C=N–C) groups is 1. The lowest BCUT2D eigenvalue weighted by atomic mass is 10.1. The number of benzene rings is 1. The highest BCUT2D eigenvalue weighted by atomic mass is 32.2. The van der Waals surface area contributed by atoms with Gasteiger partial charge in [-0.3, -0.25) is 14.6 Å². The van der Waals surface area contributed by atoms with E-state index in [2.05, 4.69) is 15.0 Å². The van der Waals surface area contributed by atoms with Gasteiger partial charge in [-0.15, -0.1) is 13.2 Å². The molecular formula is C24H28F3N5O4S. The second-order valence-electron chi connectivity index (χ2n) is 10.5. The summed E-state index contributed by atoms with van der Waals surface area (Å²) >= 11 is 1.25. The van der Waals surface area contributed by atoms with Crippen molar-refractivity contribution in [1.29, 1.82) is 0 Å². The minimum atomic E-state index is -4.81. The lowest BCUT2D eigenvalue weighted by Gasteiger charge is -2.33. The number of hydrogen-bond donors (Lipinski definition) is 1. The number of methoxy groups -OCH3 is 1. The zero-order chi connectivity index (χ0) is 26.8. The van der Waals surface area contributed by atoms with Crippen LogP contribution in [0, 0.1) is 0 Å². The second kappa shape index (κ2) is 8.90. The highest BCUT2D eigenvalue weighted by Crippen LogP contribution is 2.52. The highest BCUT2D eigenvalue weighted by molar-refractivity contribution is 8.15. The van der Waals surface area contributed by atoms with E-state index in [9.17, 15) is 22.8 Å². The molecule has 1 saturated heterocycles. The zero-order valence-corrected chi connectivity index (χ0v) is 21.7. The van der Waals surface area contributed by atoms with Crippen LogP contribution in [0.3, 0.4) is 0 Å². The molecule has 2 amide bonds. The Kier molecular flexibility index (Phi) is 6.21. The Morgan fingerprint density at radius 1 is 1.19 bits per heavy atom. The molecule has 3 aliphatic heterocycles. The van der Waals surface area contributed by atoms with Crippen LogP contribution in [-0.2, 0) is 9.53 Å². The molecule has 3 unspecified atom stereocenters. The van der Waals surface area contributed by atoms with Gasteiger partial charge in [0, 0.05) is 25.6 Å². The average Bonchev–Trinajstić information content (AvgIpc) is 3.07. The maximum atomic E-state index is 13.7. The summed E-state index contributed by atoms with van der Waals surface area (Å²) in [4.78, 5) is 33.1. The summed E-state index contributed by atoms with van der Waals surface area (Å²) in [6, 6.07) is 4.62. The molecule has 9 nitrogen and oxygen atoms in total. The van der Waals surface area contributed by atoms with E-state index in [1.807, 2.05) is 25.7 Å². The quantitative estimate of drug-likeness (QED) is 0.631. The van der Waals surface area contributed by atoms with Crippen molar-refractivity contribution < 1.29 is 32.2 Å². The lowest BCUT2D eigenvalue weighted by Crippen LogP contribution is -2.47. The maximum absolute atomic E-state index is 13.7. The molecule has 2 fully saturated rings. The average molecular weight is 540 g/mol. The lowest BCUT2D eigenvalue weighted by molar-refractivity contribution is -0.274. The van der Waals surface area contributed by atoms with E-state index in [1.54, 1.807) is 12.1 Å². The van der Waals surface area contributed by atoms with Gasteiger partial charge in [0.2, 0.25) is 0 Å². The van der Waals surface area contributed by atoms with Crippen molar-refractivity contribution in [2.75, 3.05) is 13.7 Å². The fraction of sp³-hybridized carbons (Fsp3) is 0.583. The molecule has 4 aliphatic rings. The summed E-state index contributed by atoms with van der Waals surface area (Å²) in [6.45, 7) is 6.57. The molecule has 0 aromatic heterocycles. The van der Waals surface area contributed by atoms with E-state index < -0.39 is 35.0 Å². The van der Waals surface area contributed by atoms with E-state index >= 15 is 0 Å². The predicted molar refractivity (Wildman–Crippen MR) is 131 cm³/mol. The van der Waals surface area contributed by atoms with Crippen LogP contribution in [0.4, 0.5) is 13.2 Å². The maximum Gasteiger partial charge on any atom is 0.573 e.